The van der Waals surface area contributed by atoms with Crippen LogP contribution in [0, 0.1) is 11.8 Å². The second kappa shape index (κ2) is 5.41. The molecule has 2 N–H and O–H groups in total. The van der Waals surface area contributed by atoms with Crippen molar-refractivity contribution in [3.8, 4) is 0 Å². The number of hydrogen-bond donors (Lipinski definition) is 1. The summed E-state index contributed by atoms with van der Waals surface area (Å²) >= 11 is 0. The van der Waals surface area contributed by atoms with Gasteiger partial charge in [0.1, 0.15) is 0 Å². The molecule has 2 saturated heterocycles. The Balaban J connectivity index is 1.66. The van der Waals surface area contributed by atoms with Crippen molar-refractivity contribution in [2.75, 3.05) is 13.2 Å². The van der Waals surface area contributed by atoms with Gasteiger partial charge >= 0.3 is 0 Å². The number of rotatable bonds is 2. The molecule has 4 nitrogen and oxygen atoms in total. The van der Waals surface area contributed by atoms with Gasteiger partial charge in [0.2, 0.25) is 5.91 Å². The molecule has 19 heavy (non-hydrogen) atoms. The number of amides is 1. The molecule has 0 unspecified atom stereocenters. The highest BCUT2D eigenvalue weighted by atomic mass is 16.5. The molecule has 1 saturated carbocycles. The molecule has 1 aliphatic carbocycles. The number of nitrogens with two attached hydrogens (primary N) is 1. The summed E-state index contributed by atoms with van der Waals surface area (Å²) < 4.78 is 5.76. The SMILES string of the molecule is C[C@H]1CN(C(=O)[C@@H](N)C2CCCCC2)[C@@H]2CCO[C@@H]21. The van der Waals surface area contributed by atoms with E-state index in [4.69, 9.17) is 10.5 Å². The third-order valence-electron chi connectivity index (χ3n) is 5.27. The molecule has 0 radical (unpaired) electrons. The maximum atomic E-state index is 12.7. The number of hydrogen-bond acceptors (Lipinski definition) is 3. The number of carbonyl (C=O) groups is 1. The van der Waals surface area contributed by atoms with Crippen molar-refractivity contribution in [3.05, 3.63) is 0 Å². The average molecular weight is 266 g/mol. The molecule has 3 fully saturated rings. The number of ether oxygens (including phenoxy) is 1. The van der Waals surface area contributed by atoms with Gasteiger partial charge in [-0.1, -0.05) is 26.2 Å². The third kappa shape index (κ3) is 2.40. The van der Waals surface area contributed by atoms with Crippen LogP contribution in [-0.2, 0) is 9.53 Å². The smallest absolute Gasteiger partial charge is 0.240 e. The highest BCUT2D eigenvalue weighted by Gasteiger charge is 2.47. The molecule has 108 valence electrons. The van der Waals surface area contributed by atoms with E-state index in [9.17, 15) is 4.79 Å². The summed E-state index contributed by atoms with van der Waals surface area (Å²) in [5, 5.41) is 0. The molecule has 4 heteroatoms. The average Bonchev–Trinajstić information content (AvgIpc) is 3.03. The van der Waals surface area contributed by atoms with Gasteiger partial charge in [0.05, 0.1) is 18.2 Å². The van der Waals surface area contributed by atoms with Gasteiger partial charge in [-0.3, -0.25) is 4.79 Å². The molecule has 0 aromatic carbocycles. The van der Waals surface area contributed by atoms with Crippen molar-refractivity contribution in [1.82, 2.24) is 4.90 Å². The Morgan fingerprint density at radius 3 is 2.74 bits per heavy atom. The maximum absolute atomic E-state index is 12.7. The number of carbonyl (C=O) groups excluding carboxylic acids is 1. The Morgan fingerprint density at radius 2 is 2.00 bits per heavy atom. The Hall–Kier alpha value is -0.610. The minimum Gasteiger partial charge on any atom is -0.376 e. The van der Waals surface area contributed by atoms with Gasteiger partial charge in [-0.05, 0) is 25.2 Å². The van der Waals surface area contributed by atoms with E-state index in [0.717, 1.165) is 32.4 Å². The van der Waals surface area contributed by atoms with Crippen molar-refractivity contribution in [2.24, 2.45) is 17.6 Å². The van der Waals surface area contributed by atoms with E-state index in [2.05, 4.69) is 6.92 Å². The Bertz CT molecular complexity index is 341. The summed E-state index contributed by atoms with van der Waals surface area (Å²) in [7, 11) is 0. The Labute approximate surface area is 115 Å². The van der Waals surface area contributed by atoms with E-state index in [1.807, 2.05) is 4.90 Å². The molecular weight excluding hydrogens is 240 g/mol. The van der Waals surface area contributed by atoms with Gasteiger partial charge in [0.15, 0.2) is 0 Å². The fraction of sp³-hybridized carbons (Fsp3) is 0.933. The number of fused-ring (bicyclic) bond motifs is 1. The second-order valence-electron chi connectivity index (χ2n) is 6.58. The van der Waals surface area contributed by atoms with Crippen LogP contribution in [0.4, 0.5) is 0 Å². The summed E-state index contributed by atoms with van der Waals surface area (Å²) in [6.45, 7) is 3.80. The molecule has 3 aliphatic rings. The zero-order chi connectivity index (χ0) is 13.4. The summed E-state index contributed by atoms with van der Waals surface area (Å²) in [5.74, 6) is 1.03. The topological polar surface area (TPSA) is 55.6 Å². The van der Waals surface area contributed by atoms with Gasteiger partial charge in [-0.2, -0.15) is 0 Å². The van der Waals surface area contributed by atoms with Crippen LogP contribution in [-0.4, -0.2) is 42.1 Å². The Morgan fingerprint density at radius 1 is 1.26 bits per heavy atom. The van der Waals surface area contributed by atoms with Crippen molar-refractivity contribution in [3.63, 3.8) is 0 Å². The van der Waals surface area contributed by atoms with E-state index in [1.54, 1.807) is 0 Å². The Kier molecular flexibility index (Phi) is 3.81. The van der Waals surface area contributed by atoms with Crippen LogP contribution in [0.2, 0.25) is 0 Å². The minimum absolute atomic E-state index is 0.178. The molecule has 2 heterocycles. The third-order valence-corrected chi connectivity index (χ3v) is 5.27. The van der Waals surface area contributed by atoms with E-state index < -0.39 is 0 Å². The van der Waals surface area contributed by atoms with Gasteiger partial charge in [0.25, 0.3) is 0 Å². The lowest BCUT2D eigenvalue weighted by Gasteiger charge is -2.31. The van der Waals surface area contributed by atoms with Crippen LogP contribution in [0.5, 0.6) is 0 Å². The summed E-state index contributed by atoms with van der Waals surface area (Å²) in [5.41, 5.74) is 6.27. The van der Waals surface area contributed by atoms with Crippen molar-refractivity contribution >= 4 is 5.91 Å². The fourth-order valence-corrected chi connectivity index (χ4v) is 4.17. The number of likely N-dealkylation sites (tertiary alicyclic amines) is 1. The standard InChI is InChI=1S/C15H26N2O2/c1-10-9-17(12-7-8-19-14(10)12)15(18)13(16)11-5-3-2-4-6-11/h10-14H,2-9,16H2,1H3/t10-,12+,13-,14+/m0/s1. The highest BCUT2D eigenvalue weighted by molar-refractivity contribution is 5.82. The van der Waals surface area contributed by atoms with E-state index >= 15 is 0 Å². The first kappa shape index (κ1) is 13.4. The highest BCUT2D eigenvalue weighted by Crippen LogP contribution is 2.35. The normalized spacial score (nSPS) is 37.4. The van der Waals surface area contributed by atoms with Gasteiger partial charge in [-0.15, -0.1) is 0 Å². The zero-order valence-corrected chi connectivity index (χ0v) is 11.9. The lowest BCUT2D eigenvalue weighted by molar-refractivity contribution is -0.135. The lowest BCUT2D eigenvalue weighted by Crippen LogP contribution is -2.50. The molecule has 0 aromatic heterocycles. The van der Waals surface area contributed by atoms with Crippen LogP contribution in [0.25, 0.3) is 0 Å². The first-order chi connectivity index (χ1) is 9.18. The van der Waals surface area contributed by atoms with Crippen LogP contribution in [0.3, 0.4) is 0 Å². The summed E-state index contributed by atoms with van der Waals surface area (Å²) in [6, 6.07) is 0.00369. The summed E-state index contributed by atoms with van der Waals surface area (Å²) in [4.78, 5) is 14.7. The van der Waals surface area contributed by atoms with Crippen LogP contribution in [0.1, 0.15) is 45.4 Å². The van der Waals surface area contributed by atoms with Crippen LogP contribution < -0.4 is 5.73 Å². The van der Waals surface area contributed by atoms with Gasteiger partial charge in [0, 0.05) is 19.1 Å². The monoisotopic (exact) mass is 266 g/mol. The van der Waals surface area contributed by atoms with Crippen molar-refractivity contribution in [1.29, 1.82) is 0 Å². The molecular formula is C15H26N2O2. The van der Waals surface area contributed by atoms with Gasteiger partial charge in [-0.25, -0.2) is 0 Å². The van der Waals surface area contributed by atoms with Crippen LogP contribution >= 0.6 is 0 Å². The quantitative estimate of drug-likeness (QED) is 0.824. The molecule has 1 amide bonds. The lowest BCUT2D eigenvalue weighted by atomic mass is 9.83. The zero-order valence-electron chi connectivity index (χ0n) is 11.9. The molecule has 2 aliphatic heterocycles. The molecule has 0 aromatic rings. The largest absolute Gasteiger partial charge is 0.376 e. The van der Waals surface area contributed by atoms with Crippen molar-refractivity contribution in [2.45, 2.75) is 63.6 Å². The second-order valence-corrected chi connectivity index (χ2v) is 6.58. The van der Waals surface area contributed by atoms with E-state index in [0.29, 0.717) is 11.8 Å². The first-order valence-electron chi connectivity index (χ1n) is 7.86. The molecule has 3 rings (SSSR count). The summed E-state index contributed by atoms with van der Waals surface area (Å²) in [6.07, 6.45) is 7.26. The van der Waals surface area contributed by atoms with Crippen LogP contribution in [0.15, 0.2) is 0 Å². The van der Waals surface area contributed by atoms with Crippen molar-refractivity contribution < 1.29 is 9.53 Å². The van der Waals surface area contributed by atoms with E-state index in [-0.39, 0.29) is 24.1 Å². The minimum atomic E-state index is -0.285. The molecule has 4 atom stereocenters. The molecule has 0 bridgehead atoms. The number of nitrogens with zero attached hydrogens (tertiary/aromatic N) is 1. The van der Waals surface area contributed by atoms with E-state index in [1.165, 1.54) is 19.3 Å². The van der Waals surface area contributed by atoms with Gasteiger partial charge < -0.3 is 15.4 Å². The predicted octanol–water partition coefficient (Wildman–Crippen LogP) is 1.53. The fourth-order valence-electron chi connectivity index (χ4n) is 4.17. The maximum Gasteiger partial charge on any atom is 0.240 e. The molecule has 0 spiro atoms. The first-order valence-corrected chi connectivity index (χ1v) is 7.86. The predicted molar refractivity (Wildman–Crippen MR) is 73.6 cm³/mol.